The third kappa shape index (κ3) is 2.94. The topological polar surface area (TPSA) is 18.5 Å². The van der Waals surface area contributed by atoms with Crippen molar-refractivity contribution in [1.29, 1.82) is 0 Å². The fourth-order valence-corrected chi connectivity index (χ4v) is 8.84. The van der Waals surface area contributed by atoms with Crippen LogP contribution < -0.4 is 25.9 Å². The summed E-state index contributed by atoms with van der Waals surface area (Å²) >= 11 is 0. The fourth-order valence-electron chi connectivity index (χ4n) is 8.84. The molecule has 46 heavy (non-hydrogen) atoms. The van der Waals surface area contributed by atoms with Crippen LogP contribution in [0.25, 0.3) is 33.4 Å². The number of rotatable bonds is 1. The number of hydrogen-bond acceptors (Lipinski definition) is 2. The summed E-state index contributed by atoms with van der Waals surface area (Å²) in [5, 5.41) is 0. The summed E-state index contributed by atoms with van der Waals surface area (Å²) < 4.78 is 13.2. The van der Waals surface area contributed by atoms with Crippen LogP contribution in [-0.4, -0.2) is 6.71 Å². The Labute approximate surface area is 267 Å². The van der Waals surface area contributed by atoms with E-state index in [-0.39, 0.29) is 12.1 Å². The molecular formula is C43H25BO2. The first kappa shape index (κ1) is 24.5. The zero-order chi connectivity index (χ0) is 30.0. The molecule has 0 N–H and O–H groups in total. The van der Waals surface area contributed by atoms with Crippen LogP contribution in [0.2, 0.25) is 0 Å². The summed E-state index contributed by atoms with van der Waals surface area (Å²) in [4.78, 5) is 0. The lowest BCUT2D eigenvalue weighted by molar-refractivity contribution is 0.465. The van der Waals surface area contributed by atoms with Gasteiger partial charge in [-0.1, -0.05) is 121 Å². The van der Waals surface area contributed by atoms with Crippen LogP contribution in [0.5, 0.6) is 23.0 Å². The molecule has 3 heteroatoms. The molecule has 0 aromatic heterocycles. The van der Waals surface area contributed by atoms with Crippen LogP contribution in [0, 0.1) is 0 Å². The summed E-state index contributed by atoms with van der Waals surface area (Å²) in [6.07, 6.45) is 0. The second kappa shape index (κ2) is 8.68. The standard InChI is InChI=1S/C43H25BO2/c1-4-14-32-28(11-1)29-12-2-5-15-33(29)43(32)34-16-6-3-13-30(34)31-23-26(21-22-35(31)43)27-24-40-42-41(25-27)46-39-20-10-8-18-37(39)44(42)36-17-7-9-19-38(36)45-40/h1-25H. The van der Waals surface area contributed by atoms with E-state index in [1.807, 2.05) is 12.1 Å². The summed E-state index contributed by atoms with van der Waals surface area (Å²) in [6.45, 7) is 0.0724. The lowest BCUT2D eigenvalue weighted by Crippen LogP contribution is -2.57. The summed E-state index contributed by atoms with van der Waals surface area (Å²) in [5.41, 5.74) is 16.0. The van der Waals surface area contributed by atoms with Gasteiger partial charge in [0.2, 0.25) is 0 Å². The van der Waals surface area contributed by atoms with Gasteiger partial charge in [-0.05, 0) is 96.9 Å². The van der Waals surface area contributed by atoms with Gasteiger partial charge in [-0.2, -0.15) is 0 Å². The molecule has 7 aromatic carbocycles. The zero-order valence-electron chi connectivity index (χ0n) is 24.8. The molecule has 212 valence electrons. The van der Waals surface area contributed by atoms with Crippen LogP contribution in [0.15, 0.2) is 152 Å². The average molecular weight is 584 g/mol. The Bertz CT molecular complexity index is 2340. The van der Waals surface area contributed by atoms with Gasteiger partial charge in [0.1, 0.15) is 23.0 Å². The van der Waals surface area contributed by atoms with Crippen molar-refractivity contribution in [3.63, 3.8) is 0 Å². The van der Waals surface area contributed by atoms with E-state index in [1.54, 1.807) is 0 Å². The van der Waals surface area contributed by atoms with E-state index >= 15 is 0 Å². The van der Waals surface area contributed by atoms with Crippen molar-refractivity contribution < 1.29 is 9.47 Å². The van der Waals surface area contributed by atoms with Gasteiger partial charge in [0.25, 0.3) is 6.71 Å². The van der Waals surface area contributed by atoms with E-state index in [9.17, 15) is 0 Å². The molecule has 2 nitrogen and oxygen atoms in total. The molecule has 0 atom stereocenters. The molecule has 2 heterocycles. The van der Waals surface area contributed by atoms with Crippen LogP contribution in [-0.2, 0) is 5.41 Å². The van der Waals surface area contributed by atoms with Gasteiger partial charge in [0.05, 0.1) is 5.41 Å². The Morgan fingerprint density at radius 2 is 0.826 bits per heavy atom. The van der Waals surface area contributed by atoms with Crippen molar-refractivity contribution in [2.75, 3.05) is 0 Å². The summed E-state index contributed by atoms with van der Waals surface area (Å²) in [6, 6.07) is 55.1. The summed E-state index contributed by atoms with van der Waals surface area (Å²) in [5.74, 6) is 3.54. The third-order valence-electron chi connectivity index (χ3n) is 10.6. The van der Waals surface area contributed by atoms with E-state index in [2.05, 4.69) is 140 Å². The molecule has 11 rings (SSSR count). The van der Waals surface area contributed by atoms with Crippen molar-refractivity contribution in [1.82, 2.24) is 0 Å². The monoisotopic (exact) mass is 584 g/mol. The highest BCUT2D eigenvalue weighted by molar-refractivity contribution is 6.98. The van der Waals surface area contributed by atoms with E-state index in [1.165, 1.54) is 55.4 Å². The number of fused-ring (bicyclic) bond motifs is 14. The van der Waals surface area contributed by atoms with Crippen LogP contribution in [0.4, 0.5) is 0 Å². The maximum atomic E-state index is 6.62. The van der Waals surface area contributed by atoms with Gasteiger partial charge < -0.3 is 9.47 Å². The minimum Gasteiger partial charge on any atom is -0.458 e. The largest absolute Gasteiger partial charge is 0.458 e. The van der Waals surface area contributed by atoms with Crippen LogP contribution in [0.1, 0.15) is 22.3 Å². The Kier molecular flexibility index (Phi) is 4.63. The van der Waals surface area contributed by atoms with Gasteiger partial charge in [-0.25, -0.2) is 0 Å². The molecule has 7 aromatic rings. The SMILES string of the molecule is c1ccc2c(c1)Oc1cc(-c3ccc4c(c3)-c3ccccc3C43c4ccccc4-c4ccccc43)cc3c1B2c1ccccc1O3. The smallest absolute Gasteiger partial charge is 0.260 e. The Hall–Kier alpha value is -5.80. The van der Waals surface area contributed by atoms with E-state index in [0.717, 1.165) is 39.6 Å². The second-order valence-electron chi connectivity index (χ2n) is 12.7. The van der Waals surface area contributed by atoms with E-state index in [0.29, 0.717) is 0 Å². The number of hydrogen-bond donors (Lipinski definition) is 0. The van der Waals surface area contributed by atoms with Crippen molar-refractivity contribution in [2.45, 2.75) is 5.41 Å². The normalized spacial score (nSPS) is 14.6. The fraction of sp³-hybridized carbons (Fsp3) is 0.0233. The molecule has 0 bridgehead atoms. The number of ether oxygens (including phenoxy) is 2. The lowest BCUT2D eigenvalue weighted by Gasteiger charge is -2.33. The molecule has 4 aliphatic rings. The van der Waals surface area contributed by atoms with E-state index in [4.69, 9.17) is 9.47 Å². The Morgan fingerprint density at radius 3 is 1.39 bits per heavy atom. The highest BCUT2D eigenvalue weighted by Crippen LogP contribution is 2.63. The molecule has 2 aliphatic heterocycles. The first-order valence-corrected chi connectivity index (χ1v) is 16.0. The maximum absolute atomic E-state index is 6.62. The highest BCUT2D eigenvalue weighted by Gasteiger charge is 2.51. The first-order chi connectivity index (χ1) is 22.8. The van der Waals surface area contributed by atoms with Crippen molar-refractivity contribution in [2.24, 2.45) is 0 Å². The maximum Gasteiger partial charge on any atom is 0.260 e. The van der Waals surface area contributed by atoms with Gasteiger partial charge in [-0.3, -0.25) is 0 Å². The molecule has 0 saturated heterocycles. The molecule has 0 radical (unpaired) electrons. The molecule has 0 amide bonds. The highest BCUT2D eigenvalue weighted by atomic mass is 16.5. The average Bonchev–Trinajstić information content (AvgIpc) is 3.58. The number of para-hydroxylation sites is 2. The third-order valence-corrected chi connectivity index (χ3v) is 10.6. The molecule has 0 fully saturated rings. The van der Waals surface area contributed by atoms with E-state index < -0.39 is 0 Å². The van der Waals surface area contributed by atoms with Gasteiger partial charge >= 0.3 is 0 Å². The second-order valence-corrected chi connectivity index (χ2v) is 12.7. The minimum atomic E-state index is -0.341. The van der Waals surface area contributed by atoms with Gasteiger partial charge in [-0.15, -0.1) is 0 Å². The molecule has 0 saturated carbocycles. The Balaban J connectivity index is 1.14. The lowest BCUT2D eigenvalue weighted by atomic mass is 9.35. The Morgan fingerprint density at radius 1 is 0.370 bits per heavy atom. The molecular weight excluding hydrogens is 559 g/mol. The quantitative estimate of drug-likeness (QED) is 0.180. The zero-order valence-corrected chi connectivity index (χ0v) is 24.8. The summed E-state index contributed by atoms with van der Waals surface area (Å²) in [7, 11) is 0. The minimum absolute atomic E-state index is 0.0724. The molecule has 2 aliphatic carbocycles. The predicted molar refractivity (Wildman–Crippen MR) is 186 cm³/mol. The van der Waals surface area contributed by atoms with Crippen LogP contribution in [0.3, 0.4) is 0 Å². The van der Waals surface area contributed by atoms with Gasteiger partial charge in [0, 0.05) is 5.46 Å². The van der Waals surface area contributed by atoms with Gasteiger partial charge in [0.15, 0.2) is 0 Å². The molecule has 1 spiro atoms. The van der Waals surface area contributed by atoms with Crippen molar-refractivity contribution >= 4 is 23.1 Å². The van der Waals surface area contributed by atoms with Crippen LogP contribution >= 0.6 is 0 Å². The van der Waals surface area contributed by atoms with Crippen molar-refractivity contribution in [3.8, 4) is 56.4 Å². The molecule has 0 unspecified atom stereocenters. The number of benzene rings is 7. The first-order valence-electron chi connectivity index (χ1n) is 16.0. The predicted octanol–water partition coefficient (Wildman–Crippen LogP) is 8.42. The van der Waals surface area contributed by atoms with Crippen molar-refractivity contribution in [3.05, 3.63) is 174 Å².